The van der Waals surface area contributed by atoms with Crippen LogP contribution in [0.1, 0.15) is 24.4 Å². The van der Waals surface area contributed by atoms with Gasteiger partial charge in [0.2, 0.25) is 0 Å². The van der Waals surface area contributed by atoms with Crippen LogP contribution in [0.15, 0.2) is 24.3 Å². The molecule has 3 nitrogen and oxygen atoms in total. The van der Waals surface area contributed by atoms with Gasteiger partial charge in [0.1, 0.15) is 5.75 Å². The third kappa shape index (κ3) is 3.01. The van der Waals surface area contributed by atoms with Gasteiger partial charge in [0.25, 0.3) is 0 Å². The van der Waals surface area contributed by atoms with Crippen molar-refractivity contribution in [2.75, 3.05) is 13.7 Å². The number of rotatable bonds is 5. The molecule has 3 heteroatoms. The van der Waals surface area contributed by atoms with Gasteiger partial charge in [-0.15, -0.1) is 0 Å². The fraction of sp³-hybridized carbons (Fsp3) is 0.455. The van der Waals surface area contributed by atoms with Gasteiger partial charge in [-0.3, -0.25) is 0 Å². The van der Waals surface area contributed by atoms with E-state index in [0.717, 1.165) is 24.2 Å². The van der Waals surface area contributed by atoms with Crippen molar-refractivity contribution in [2.45, 2.75) is 18.9 Å². The first-order chi connectivity index (χ1) is 6.77. The van der Waals surface area contributed by atoms with Crippen molar-refractivity contribution < 1.29 is 4.74 Å². The lowest BCUT2D eigenvalue weighted by Gasteiger charge is -2.11. The Morgan fingerprint density at radius 2 is 1.93 bits per heavy atom. The average molecular weight is 194 g/mol. The van der Waals surface area contributed by atoms with Crippen molar-refractivity contribution in [3.05, 3.63) is 29.8 Å². The van der Waals surface area contributed by atoms with Crippen LogP contribution in [0.5, 0.6) is 5.75 Å². The zero-order valence-corrected chi connectivity index (χ0v) is 8.57. The molecule has 0 aliphatic rings. The number of methoxy groups -OCH3 is 1. The molecule has 0 aromatic heterocycles. The molecule has 1 aromatic carbocycles. The van der Waals surface area contributed by atoms with Crippen LogP contribution in [0, 0.1) is 0 Å². The summed E-state index contributed by atoms with van der Waals surface area (Å²) in [6.07, 6.45) is 1.90. The fourth-order valence-electron chi connectivity index (χ4n) is 1.36. The standard InChI is InChI=1S/C11H18N2O/c1-14-10-6-4-9(5-7-10)11(13)3-2-8-12/h4-7,11H,2-3,8,12-13H2,1H3. The molecule has 0 spiro atoms. The van der Waals surface area contributed by atoms with Gasteiger partial charge in [-0.1, -0.05) is 12.1 Å². The second-order valence-electron chi connectivity index (χ2n) is 3.31. The number of ether oxygens (including phenoxy) is 1. The molecule has 78 valence electrons. The Hall–Kier alpha value is -1.06. The van der Waals surface area contributed by atoms with Crippen molar-refractivity contribution in [3.63, 3.8) is 0 Å². The third-order valence-electron chi connectivity index (χ3n) is 2.26. The van der Waals surface area contributed by atoms with Gasteiger partial charge in [-0.2, -0.15) is 0 Å². The lowest BCUT2D eigenvalue weighted by Crippen LogP contribution is -2.12. The summed E-state index contributed by atoms with van der Waals surface area (Å²) in [6.45, 7) is 0.698. The monoisotopic (exact) mass is 194 g/mol. The minimum absolute atomic E-state index is 0.0875. The van der Waals surface area contributed by atoms with E-state index in [1.54, 1.807) is 7.11 Å². The van der Waals surface area contributed by atoms with Crippen LogP contribution in [-0.2, 0) is 0 Å². The van der Waals surface area contributed by atoms with E-state index in [1.165, 1.54) is 0 Å². The van der Waals surface area contributed by atoms with Crippen LogP contribution in [0.3, 0.4) is 0 Å². The molecule has 0 saturated carbocycles. The van der Waals surface area contributed by atoms with E-state index in [2.05, 4.69) is 0 Å². The van der Waals surface area contributed by atoms with Crippen LogP contribution in [-0.4, -0.2) is 13.7 Å². The number of benzene rings is 1. The van der Waals surface area contributed by atoms with Crippen molar-refractivity contribution in [1.82, 2.24) is 0 Å². The topological polar surface area (TPSA) is 61.3 Å². The Balaban J connectivity index is 2.57. The first-order valence-corrected chi connectivity index (χ1v) is 4.87. The highest BCUT2D eigenvalue weighted by atomic mass is 16.5. The van der Waals surface area contributed by atoms with Crippen molar-refractivity contribution in [2.24, 2.45) is 11.5 Å². The van der Waals surface area contributed by atoms with Gasteiger partial charge in [0.15, 0.2) is 0 Å². The Labute approximate surface area is 85.0 Å². The summed E-state index contributed by atoms with van der Waals surface area (Å²) < 4.78 is 5.07. The van der Waals surface area contributed by atoms with E-state index in [1.807, 2.05) is 24.3 Å². The van der Waals surface area contributed by atoms with Crippen molar-refractivity contribution >= 4 is 0 Å². The molecule has 0 aliphatic carbocycles. The zero-order chi connectivity index (χ0) is 10.4. The lowest BCUT2D eigenvalue weighted by atomic mass is 10.0. The molecule has 1 rings (SSSR count). The summed E-state index contributed by atoms with van der Waals surface area (Å²) in [5.41, 5.74) is 12.5. The molecule has 0 bridgehead atoms. The Bertz CT molecular complexity index is 258. The van der Waals surface area contributed by atoms with Crippen LogP contribution in [0.2, 0.25) is 0 Å². The van der Waals surface area contributed by atoms with Crippen molar-refractivity contribution in [3.8, 4) is 5.75 Å². The summed E-state index contributed by atoms with van der Waals surface area (Å²) in [5.74, 6) is 0.861. The quantitative estimate of drug-likeness (QED) is 0.745. The lowest BCUT2D eigenvalue weighted by molar-refractivity contribution is 0.414. The molecule has 0 heterocycles. The van der Waals surface area contributed by atoms with Gasteiger partial charge in [-0.05, 0) is 37.1 Å². The van der Waals surface area contributed by atoms with Gasteiger partial charge in [0.05, 0.1) is 7.11 Å². The third-order valence-corrected chi connectivity index (χ3v) is 2.26. The summed E-state index contributed by atoms with van der Waals surface area (Å²) in [5, 5.41) is 0. The highest BCUT2D eigenvalue weighted by Crippen LogP contribution is 2.18. The maximum absolute atomic E-state index is 5.98. The molecule has 0 fully saturated rings. The summed E-state index contributed by atoms with van der Waals surface area (Å²) in [4.78, 5) is 0. The smallest absolute Gasteiger partial charge is 0.118 e. The van der Waals surface area contributed by atoms with E-state index < -0.39 is 0 Å². The SMILES string of the molecule is COc1ccc(C(N)CCCN)cc1. The summed E-state index contributed by atoms with van der Waals surface area (Å²) in [6, 6.07) is 7.94. The molecule has 14 heavy (non-hydrogen) atoms. The normalized spacial score (nSPS) is 12.5. The number of nitrogens with two attached hydrogens (primary N) is 2. The van der Waals surface area contributed by atoms with Crippen LogP contribution < -0.4 is 16.2 Å². The van der Waals surface area contributed by atoms with Gasteiger partial charge in [0, 0.05) is 6.04 Å². The molecule has 1 aromatic rings. The first-order valence-electron chi connectivity index (χ1n) is 4.87. The zero-order valence-electron chi connectivity index (χ0n) is 8.57. The number of hydrogen-bond donors (Lipinski definition) is 2. The second-order valence-corrected chi connectivity index (χ2v) is 3.31. The van der Waals surface area contributed by atoms with E-state index in [4.69, 9.17) is 16.2 Å². The highest BCUT2D eigenvalue weighted by molar-refractivity contribution is 5.28. The molecule has 0 amide bonds. The maximum atomic E-state index is 5.98. The molecule has 1 unspecified atom stereocenters. The van der Waals surface area contributed by atoms with E-state index in [-0.39, 0.29) is 6.04 Å². The first kappa shape index (κ1) is 11.0. The van der Waals surface area contributed by atoms with E-state index in [0.29, 0.717) is 6.54 Å². The minimum Gasteiger partial charge on any atom is -0.497 e. The predicted molar refractivity (Wildman–Crippen MR) is 58.2 cm³/mol. The second kappa shape index (κ2) is 5.62. The van der Waals surface area contributed by atoms with Gasteiger partial charge < -0.3 is 16.2 Å². The molecule has 0 saturated heterocycles. The van der Waals surface area contributed by atoms with Crippen LogP contribution in [0.25, 0.3) is 0 Å². The molecular weight excluding hydrogens is 176 g/mol. The average Bonchev–Trinajstić information content (AvgIpc) is 2.26. The van der Waals surface area contributed by atoms with Crippen LogP contribution >= 0.6 is 0 Å². The predicted octanol–water partition coefficient (Wildman–Crippen LogP) is 1.43. The number of hydrogen-bond acceptors (Lipinski definition) is 3. The van der Waals surface area contributed by atoms with Crippen LogP contribution in [0.4, 0.5) is 0 Å². The molecule has 0 radical (unpaired) electrons. The molecule has 0 aliphatic heterocycles. The Morgan fingerprint density at radius 1 is 1.29 bits per heavy atom. The molecule has 4 N–H and O–H groups in total. The van der Waals surface area contributed by atoms with Gasteiger partial charge in [-0.25, -0.2) is 0 Å². The fourth-order valence-corrected chi connectivity index (χ4v) is 1.36. The minimum atomic E-state index is 0.0875. The summed E-state index contributed by atoms with van der Waals surface area (Å²) >= 11 is 0. The van der Waals surface area contributed by atoms with Gasteiger partial charge >= 0.3 is 0 Å². The highest BCUT2D eigenvalue weighted by Gasteiger charge is 2.04. The molecule has 1 atom stereocenters. The van der Waals surface area contributed by atoms with E-state index in [9.17, 15) is 0 Å². The maximum Gasteiger partial charge on any atom is 0.118 e. The van der Waals surface area contributed by atoms with Crippen molar-refractivity contribution in [1.29, 1.82) is 0 Å². The largest absolute Gasteiger partial charge is 0.497 e. The Morgan fingerprint density at radius 3 is 2.43 bits per heavy atom. The van der Waals surface area contributed by atoms with E-state index >= 15 is 0 Å². The Kier molecular flexibility index (Phi) is 4.43. The molecular formula is C11H18N2O. The summed E-state index contributed by atoms with van der Waals surface area (Å²) in [7, 11) is 1.66.